The number of hydrogen-bond acceptors (Lipinski definition) is 1. The van der Waals surface area contributed by atoms with E-state index in [1.807, 2.05) is 0 Å². The number of hydrogen-bond donors (Lipinski definition) is 0. The van der Waals surface area contributed by atoms with Gasteiger partial charge in [-0.1, -0.05) is 155 Å². The molecule has 0 bridgehead atoms. The Bertz CT molecular complexity index is 2710. The summed E-state index contributed by atoms with van der Waals surface area (Å²) in [5, 5.41) is 2.52. The van der Waals surface area contributed by atoms with Gasteiger partial charge in [-0.2, -0.15) is 0 Å². The first-order valence-corrected chi connectivity index (χ1v) is 18.8. The molecule has 8 aromatic rings. The Hall–Kier alpha value is -6.18. The highest BCUT2D eigenvalue weighted by molar-refractivity contribution is 5.89. The third-order valence-electron chi connectivity index (χ3n) is 12.1. The van der Waals surface area contributed by atoms with Gasteiger partial charge in [0.2, 0.25) is 0 Å². The maximum atomic E-state index is 2.42. The Kier molecular flexibility index (Phi) is 6.94. The molecule has 10 rings (SSSR count). The van der Waals surface area contributed by atoms with Gasteiger partial charge in [-0.25, -0.2) is 0 Å². The van der Waals surface area contributed by atoms with Gasteiger partial charge in [-0.15, -0.1) is 0 Å². The molecular weight excluding hydrogens is 639 g/mol. The number of anilines is 3. The second-order valence-electron chi connectivity index (χ2n) is 15.8. The molecule has 0 saturated carbocycles. The van der Waals surface area contributed by atoms with Crippen LogP contribution < -0.4 is 4.90 Å². The summed E-state index contributed by atoms with van der Waals surface area (Å²) in [4.78, 5) is 2.41. The number of rotatable bonds is 5. The summed E-state index contributed by atoms with van der Waals surface area (Å²) in [6.45, 7) is 9.42. The molecule has 0 heterocycles. The van der Waals surface area contributed by atoms with E-state index in [1.54, 1.807) is 0 Å². The van der Waals surface area contributed by atoms with Crippen molar-refractivity contribution in [1.29, 1.82) is 0 Å². The molecule has 0 N–H and O–H groups in total. The van der Waals surface area contributed by atoms with Crippen LogP contribution in [0.3, 0.4) is 0 Å². The molecule has 0 aromatic heterocycles. The lowest BCUT2D eigenvalue weighted by Crippen LogP contribution is -2.16. The highest BCUT2D eigenvalue weighted by Gasteiger charge is 2.36. The Morgan fingerprint density at radius 1 is 0.302 bits per heavy atom. The summed E-state index contributed by atoms with van der Waals surface area (Å²) in [5.74, 6) is 0. The number of benzene rings is 8. The van der Waals surface area contributed by atoms with Crippen LogP contribution in [0.1, 0.15) is 49.9 Å². The van der Waals surface area contributed by atoms with Gasteiger partial charge >= 0.3 is 0 Å². The molecule has 2 aliphatic carbocycles. The average Bonchev–Trinajstić information content (AvgIpc) is 3.57. The van der Waals surface area contributed by atoms with Crippen LogP contribution in [-0.4, -0.2) is 0 Å². The monoisotopic (exact) mass is 679 g/mol. The minimum Gasteiger partial charge on any atom is -0.310 e. The summed E-state index contributed by atoms with van der Waals surface area (Å²) in [7, 11) is 0. The predicted molar refractivity (Wildman–Crippen MR) is 225 cm³/mol. The first-order chi connectivity index (χ1) is 25.8. The van der Waals surface area contributed by atoms with Crippen molar-refractivity contribution in [1.82, 2.24) is 0 Å². The molecule has 0 fully saturated rings. The van der Waals surface area contributed by atoms with Crippen molar-refractivity contribution < 1.29 is 0 Å². The van der Waals surface area contributed by atoms with Crippen LogP contribution in [0.4, 0.5) is 17.1 Å². The number of fused-ring (bicyclic) bond motifs is 7. The van der Waals surface area contributed by atoms with Crippen LogP contribution in [0.15, 0.2) is 176 Å². The molecule has 1 nitrogen and oxygen atoms in total. The molecule has 0 spiro atoms. The van der Waals surface area contributed by atoms with E-state index < -0.39 is 0 Å². The molecule has 0 atom stereocenters. The SMILES string of the molecule is CC1(C)c2ccccc2-c2ccc(-c3ccc(N(c4ccc(-c5ccc6ccccc6c5)cc4)c4ccc5c(c4)C(C)(C)c4ccccc4-5)cc3)cc21. The maximum Gasteiger partial charge on any atom is 0.0465 e. The summed E-state index contributed by atoms with van der Waals surface area (Å²) < 4.78 is 0. The van der Waals surface area contributed by atoms with E-state index >= 15 is 0 Å². The van der Waals surface area contributed by atoms with Gasteiger partial charge in [0.05, 0.1) is 0 Å². The molecular formula is C52H41N. The highest BCUT2D eigenvalue weighted by atomic mass is 15.1. The third-order valence-corrected chi connectivity index (χ3v) is 12.1. The zero-order valence-corrected chi connectivity index (χ0v) is 30.7. The molecule has 0 saturated heterocycles. The van der Waals surface area contributed by atoms with E-state index in [2.05, 4.69) is 209 Å². The fourth-order valence-electron chi connectivity index (χ4n) is 9.14. The Morgan fingerprint density at radius 2 is 0.717 bits per heavy atom. The molecule has 254 valence electrons. The third kappa shape index (κ3) is 4.91. The number of nitrogens with zero attached hydrogens (tertiary/aromatic N) is 1. The maximum absolute atomic E-state index is 2.42. The lowest BCUT2D eigenvalue weighted by Gasteiger charge is -2.28. The van der Waals surface area contributed by atoms with Crippen LogP contribution >= 0.6 is 0 Å². The predicted octanol–water partition coefficient (Wildman–Crippen LogP) is 14.3. The molecule has 0 radical (unpaired) electrons. The van der Waals surface area contributed by atoms with Crippen LogP contribution in [0, 0.1) is 0 Å². The van der Waals surface area contributed by atoms with E-state index in [4.69, 9.17) is 0 Å². The standard InChI is InChI=1S/C52H41N/c1-51(2)47-15-9-7-13-43(47)45-29-23-39(32-49(45)51)36-21-26-41(27-22-36)53(42-28-30-46-44-14-8-10-16-48(44)52(3,4)50(46)33-42)40-24-19-35(20-25-40)38-18-17-34-11-5-6-12-37(34)31-38/h5-33H,1-4H3. The minimum absolute atomic E-state index is 0.0291. The quantitative estimate of drug-likeness (QED) is 0.175. The van der Waals surface area contributed by atoms with Crippen LogP contribution in [0.25, 0.3) is 55.3 Å². The van der Waals surface area contributed by atoms with E-state index in [0.717, 1.165) is 17.1 Å². The summed E-state index contributed by atoms with van der Waals surface area (Å²) in [5.41, 5.74) is 19.2. The van der Waals surface area contributed by atoms with Crippen molar-refractivity contribution in [2.24, 2.45) is 0 Å². The van der Waals surface area contributed by atoms with Gasteiger partial charge in [-0.05, 0) is 126 Å². The highest BCUT2D eigenvalue weighted by Crippen LogP contribution is 2.52. The van der Waals surface area contributed by atoms with Crippen LogP contribution in [0.5, 0.6) is 0 Å². The normalized spacial score (nSPS) is 14.3. The van der Waals surface area contributed by atoms with Crippen molar-refractivity contribution in [2.75, 3.05) is 4.90 Å². The van der Waals surface area contributed by atoms with Gasteiger partial charge in [0.15, 0.2) is 0 Å². The summed E-state index contributed by atoms with van der Waals surface area (Å²) in [6.07, 6.45) is 0. The van der Waals surface area contributed by atoms with E-state index in [0.29, 0.717) is 0 Å². The zero-order chi connectivity index (χ0) is 35.9. The largest absolute Gasteiger partial charge is 0.310 e. The van der Waals surface area contributed by atoms with Gasteiger partial charge in [0.25, 0.3) is 0 Å². The molecule has 1 heteroatoms. The van der Waals surface area contributed by atoms with Gasteiger partial charge in [0, 0.05) is 27.9 Å². The van der Waals surface area contributed by atoms with E-state index in [-0.39, 0.29) is 10.8 Å². The molecule has 53 heavy (non-hydrogen) atoms. The summed E-state index contributed by atoms with van der Waals surface area (Å²) >= 11 is 0. The first-order valence-electron chi connectivity index (χ1n) is 18.8. The fraction of sp³-hybridized carbons (Fsp3) is 0.115. The van der Waals surface area contributed by atoms with Crippen molar-refractivity contribution in [2.45, 2.75) is 38.5 Å². The van der Waals surface area contributed by atoms with Gasteiger partial charge < -0.3 is 4.90 Å². The topological polar surface area (TPSA) is 3.24 Å². The van der Waals surface area contributed by atoms with Crippen molar-refractivity contribution in [3.63, 3.8) is 0 Å². The van der Waals surface area contributed by atoms with Gasteiger partial charge in [0.1, 0.15) is 0 Å². The Balaban J connectivity index is 1.05. The van der Waals surface area contributed by atoms with Crippen LogP contribution in [-0.2, 0) is 10.8 Å². The molecule has 0 amide bonds. The Labute approximate surface area is 312 Å². The second kappa shape index (κ2) is 11.7. The van der Waals surface area contributed by atoms with E-state index in [1.165, 1.54) is 77.5 Å². The van der Waals surface area contributed by atoms with E-state index in [9.17, 15) is 0 Å². The van der Waals surface area contributed by atoms with Crippen molar-refractivity contribution >= 4 is 27.8 Å². The minimum atomic E-state index is -0.0849. The second-order valence-corrected chi connectivity index (χ2v) is 15.8. The molecule has 0 unspecified atom stereocenters. The average molecular weight is 680 g/mol. The molecule has 8 aromatic carbocycles. The lowest BCUT2D eigenvalue weighted by molar-refractivity contribution is 0.660. The summed E-state index contributed by atoms with van der Waals surface area (Å²) in [6, 6.07) is 65.3. The first kappa shape index (κ1) is 31.5. The fourth-order valence-corrected chi connectivity index (χ4v) is 9.14. The van der Waals surface area contributed by atoms with Gasteiger partial charge in [-0.3, -0.25) is 0 Å². The lowest BCUT2D eigenvalue weighted by atomic mass is 9.81. The molecule has 0 aliphatic heterocycles. The Morgan fingerprint density at radius 3 is 1.32 bits per heavy atom. The van der Waals surface area contributed by atoms with Crippen LogP contribution in [0.2, 0.25) is 0 Å². The van der Waals surface area contributed by atoms with Crippen molar-refractivity contribution in [3.8, 4) is 44.5 Å². The van der Waals surface area contributed by atoms with Crippen molar-refractivity contribution in [3.05, 3.63) is 198 Å². The smallest absolute Gasteiger partial charge is 0.0465 e. The zero-order valence-electron chi connectivity index (χ0n) is 30.7. The molecule has 2 aliphatic rings.